The van der Waals surface area contributed by atoms with E-state index in [0.29, 0.717) is 54.1 Å². The molecule has 2 aromatic carbocycles. The van der Waals surface area contributed by atoms with Crippen LogP contribution in [0.25, 0.3) is 11.4 Å². The Bertz CT molecular complexity index is 1190. The van der Waals surface area contributed by atoms with Gasteiger partial charge in [-0.2, -0.15) is 13.2 Å². The van der Waals surface area contributed by atoms with Crippen LogP contribution in [0.15, 0.2) is 53.4 Å². The molecule has 0 saturated carbocycles. The van der Waals surface area contributed by atoms with Crippen molar-refractivity contribution < 1.29 is 22.7 Å². The third kappa shape index (κ3) is 5.72. The summed E-state index contributed by atoms with van der Waals surface area (Å²) < 4.78 is 43.9. The number of benzene rings is 2. The number of morpholine rings is 1. The Balaban J connectivity index is 1.46. The molecule has 0 spiro atoms. The Morgan fingerprint density at radius 2 is 1.71 bits per heavy atom. The molecule has 1 aliphatic heterocycles. The minimum atomic E-state index is -4.50. The smallest absolute Gasteiger partial charge is 0.378 e. The number of carbonyl (C=O) groups excluding carboxylic acids is 1. The Hall–Kier alpha value is -3.02. The molecule has 0 aliphatic carbocycles. The van der Waals surface area contributed by atoms with Gasteiger partial charge in [0.05, 0.1) is 23.7 Å². The highest BCUT2D eigenvalue weighted by molar-refractivity contribution is 7.80. The summed E-state index contributed by atoms with van der Waals surface area (Å²) in [4.78, 5) is 23.6. The monoisotopic (exact) mass is 509 g/mol. The maximum atomic E-state index is 12.8. The van der Waals surface area contributed by atoms with Crippen LogP contribution in [0.5, 0.6) is 0 Å². The summed E-state index contributed by atoms with van der Waals surface area (Å²) in [6, 6.07) is 10.4. The largest absolute Gasteiger partial charge is 0.416 e. The number of thiol groups is 1. The average molecular weight is 510 g/mol. The number of halogens is 4. The molecule has 2 N–H and O–H groups in total. The molecule has 0 bridgehead atoms. The minimum absolute atomic E-state index is 0.0227. The van der Waals surface area contributed by atoms with Gasteiger partial charge in [-0.25, -0.2) is 14.8 Å². The van der Waals surface area contributed by atoms with E-state index in [-0.39, 0.29) is 10.8 Å². The number of hydrogen-bond donors (Lipinski definition) is 3. The Morgan fingerprint density at radius 1 is 1.03 bits per heavy atom. The highest BCUT2D eigenvalue weighted by atomic mass is 35.5. The average Bonchev–Trinajstić information content (AvgIpc) is 2.81. The van der Waals surface area contributed by atoms with Crippen molar-refractivity contribution in [2.24, 2.45) is 0 Å². The van der Waals surface area contributed by atoms with Crippen LogP contribution in [0.1, 0.15) is 5.56 Å². The van der Waals surface area contributed by atoms with Gasteiger partial charge in [-0.15, -0.1) is 12.6 Å². The molecular weight excluding hydrogens is 491 g/mol. The molecule has 0 radical (unpaired) electrons. The summed E-state index contributed by atoms with van der Waals surface area (Å²) in [5.74, 6) is 1.01. The van der Waals surface area contributed by atoms with Gasteiger partial charge in [-0.1, -0.05) is 17.7 Å². The van der Waals surface area contributed by atoms with Gasteiger partial charge in [0.25, 0.3) is 0 Å². The van der Waals surface area contributed by atoms with E-state index in [4.69, 9.17) is 16.3 Å². The SMILES string of the molecule is O=C(Nc1ccc(-c2nc(Cl)c(S)c(N3CCOCC3)n2)cc1)Nc1cccc(C(F)(F)F)c1. The summed E-state index contributed by atoms with van der Waals surface area (Å²) in [6.07, 6.45) is -4.50. The van der Waals surface area contributed by atoms with Crippen molar-refractivity contribution in [2.75, 3.05) is 41.8 Å². The van der Waals surface area contributed by atoms with Gasteiger partial charge in [0.2, 0.25) is 0 Å². The zero-order valence-corrected chi connectivity index (χ0v) is 19.2. The summed E-state index contributed by atoms with van der Waals surface area (Å²) in [5.41, 5.74) is 0.263. The van der Waals surface area contributed by atoms with Crippen LogP contribution >= 0.6 is 24.2 Å². The van der Waals surface area contributed by atoms with Crippen molar-refractivity contribution in [3.63, 3.8) is 0 Å². The van der Waals surface area contributed by atoms with E-state index in [0.717, 1.165) is 12.1 Å². The number of hydrogen-bond acceptors (Lipinski definition) is 6. The van der Waals surface area contributed by atoms with E-state index in [1.807, 2.05) is 4.90 Å². The van der Waals surface area contributed by atoms with Crippen LogP contribution in [-0.4, -0.2) is 42.3 Å². The number of nitrogens with one attached hydrogen (secondary N) is 2. The fraction of sp³-hybridized carbons (Fsp3) is 0.227. The number of urea groups is 1. The van der Waals surface area contributed by atoms with Crippen molar-refractivity contribution in [3.8, 4) is 11.4 Å². The fourth-order valence-corrected chi connectivity index (χ4v) is 3.72. The van der Waals surface area contributed by atoms with Gasteiger partial charge >= 0.3 is 12.2 Å². The zero-order valence-electron chi connectivity index (χ0n) is 17.6. The van der Waals surface area contributed by atoms with Crippen LogP contribution < -0.4 is 15.5 Å². The van der Waals surface area contributed by atoms with Crippen LogP contribution in [0.2, 0.25) is 5.15 Å². The molecule has 0 unspecified atom stereocenters. The van der Waals surface area contributed by atoms with Gasteiger partial charge in [0, 0.05) is 30.0 Å². The summed E-state index contributed by atoms with van der Waals surface area (Å²) in [7, 11) is 0. The van der Waals surface area contributed by atoms with Gasteiger partial charge in [0.15, 0.2) is 5.82 Å². The van der Waals surface area contributed by atoms with Crippen LogP contribution in [-0.2, 0) is 10.9 Å². The zero-order chi connectivity index (χ0) is 24.3. The molecule has 2 amide bonds. The fourth-order valence-electron chi connectivity index (χ4n) is 3.31. The predicted molar refractivity (Wildman–Crippen MR) is 127 cm³/mol. The molecule has 1 aliphatic rings. The number of ether oxygens (including phenoxy) is 1. The van der Waals surface area contributed by atoms with Crippen LogP contribution in [0.3, 0.4) is 0 Å². The Morgan fingerprint density at radius 3 is 2.38 bits per heavy atom. The molecule has 7 nitrogen and oxygen atoms in total. The normalized spacial score (nSPS) is 14.1. The third-order valence-electron chi connectivity index (χ3n) is 4.98. The minimum Gasteiger partial charge on any atom is -0.378 e. The molecule has 1 aromatic heterocycles. The molecular formula is C22H19ClF3N5O2S. The first-order chi connectivity index (χ1) is 16.2. The first-order valence-electron chi connectivity index (χ1n) is 10.2. The van der Waals surface area contributed by atoms with Crippen molar-refractivity contribution >= 4 is 47.5 Å². The second-order valence-corrected chi connectivity index (χ2v) is 8.15. The number of rotatable bonds is 4. The molecule has 3 aromatic rings. The lowest BCUT2D eigenvalue weighted by Crippen LogP contribution is -2.37. The lowest BCUT2D eigenvalue weighted by atomic mass is 10.2. The van der Waals surface area contributed by atoms with Gasteiger partial charge in [-0.3, -0.25) is 0 Å². The maximum Gasteiger partial charge on any atom is 0.416 e. The van der Waals surface area contributed by atoms with E-state index in [1.54, 1.807) is 24.3 Å². The van der Waals surface area contributed by atoms with E-state index in [1.165, 1.54) is 12.1 Å². The first kappa shape index (κ1) is 24.1. The van der Waals surface area contributed by atoms with Gasteiger partial charge in [0.1, 0.15) is 11.0 Å². The van der Waals surface area contributed by atoms with Crippen molar-refractivity contribution in [3.05, 3.63) is 59.2 Å². The Labute approximate surface area is 203 Å². The van der Waals surface area contributed by atoms with Gasteiger partial charge in [-0.05, 0) is 42.5 Å². The number of aromatic nitrogens is 2. The molecule has 34 heavy (non-hydrogen) atoms. The highest BCUT2D eigenvalue weighted by Gasteiger charge is 2.30. The number of nitrogens with zero attached hydrogens (tertiary/aromatic N) is 3. The quantitative estimate of drug-likeness (QED) is 0.316. The summed E-state index contributed by atoms with van der Waals surface area (Å²) in [6.45, 7) is 2.47. The molecule has 2 heterocycles. The maximum absolute atomic E-state index is 12.8. The molecule has 12 heteroatoms. The Kier molecular flexibility index (Phi) is 7.15. The van der Waals surface area contributed by atoms with E-state index in [9.17, 15) is 18.0 Å². The van der Waals surface area contributed by atoms with Crippen LogP contribution in [0.4, 0.5) is 35.2 Å². The number of amides is 2. The second-order valence-electron chi connectivity index (χ2n) is 7.34. The standard InChI is InChI=1S/C22H19ClF3N5O2S/c23-18-17(34)20(31-8-10-33-11-9-31)30-19(29-18)13-4-6-15(7-5-13)27-21(32)28-16-3-1-2-14(12-16)22(24,25)26/h1-7,12,34H,8-11H2,(H2,27,28,32). The molecule has 0 atom stereocenters. The third-order valence-corrected chi connectivity index (χ3v) is 5.80. The first-order valence-corrected chi connectivity index (χ1v) is 11.0. The molecule has 1 fully saturated rings. The number of carbonyl (C=O) groups is 1. The lowest BCUT2D eigenvalue weighted by Gasteiger charge is -2.29. The predicted octanol–water partition coefficient (Wildman–Crippen LogP) is 5.59. The van der Waals surface area contributed by atoms with E-state index >= 15 is 0 Å². The molecule has 178 valence electrons. The summed E-state index contributed by atoms with van der Waals surface area (Å²) >= 11 is 10.7. The second kappa shape index (κ2) is 10.1. The topological polar surface area (TPSA) is 79.4 Å². The van der Waals surface area contributed by atoms with Crippen molar-refractivity contribution in [1.29, 1.82) is 0 Å². The van der Waals surface area contributed by atoms with Crippen molar-refractivity contribution in [1.82, 2.24) is 9.97 Å². The number of anilines is 3. The van der Waals surface area contributed by atoms with Crippen molar-refractivity contribution in [2.45, 2.75) is 11.1 Å². The van der Waals surface area contributed by atoms with E-state index in [2.05, 4.69) is 33.2 Å². The highest BCUT2D eigenvalue weighted by Crippen LogP contribution is 2.32. The van der Waals surface area contributed by atoms with Crippen LogP contribution in [0, 0.1) is 0 Å². The van der Waals surface area contributed by atoms with Gasteiger partial charge < -0.3 is 20.3 Å². The summed E-state index contributed by atoms with van der Waals surface area (Å²) in [5, 5.41) is 5.19. The van der Waals surface area contributed by atoms with E-state index < -0.39 is 17.8 Å². The number of alkyl halides is 3. The molecule has 1 saturated heterocycles. The lowest BCUT2D eigenvalue weighted by molar-refractivity contribution is -0.137. The molecule has 4 rings (SSSR count).